The van der Waals surface area contributed by atoms with Crippen molar-refractivity contribution in [2.75, 3.05) is 19.6 Å². The van der Waals surface area contributed by atoms with Gasteiger partial charge >= 0.3 is 0 Å². The standard InChI is InChI=1S/C19H31NO.C13H17NO/c1-8-10-11-17(7)20(12-9-2)14-18(16(5)6)19(21)13-15(3)4;15-13(11-5-2-1-3-6-11)12-7-4-9-14-10-8-12/h8,10-11,14-15H,5,9,12-13H2,1-4,6-7H3;1-3,5-6,12,14H,4,7-10H2/b10-8-,17-11+,18-14+;. The average molecular weight is 493 g/mol. The first kappa shape index (κ1) is 31.3. The lowest BCUT2D eigenvalue weighted by atomic mass is 9.91. The highest BCUT2D eigenvalue weighted by Gasteiger charge is 2.20. The van der Waals surface area contributed by atoms with E-state index in [1.54, 1.807) is 0 Å². The van der Waals surface area contributed by atoms with Crippen molar-refractivity contribution < 1.29 is 9.59 Å². The quantitative estimate of drug-likeness (QED) is 0.197. The first-order valence-electron chi connectivity index (χ1n) is 13.5. The Kier molecular flexibility index (Phi) is 15.4. The lowest BCUT2D eigenvalue weighted by Gasteiger charge is -2.22. The molecule has 4 nitrogen and oxygen atoms in total. The van der Waals surface area contributed by atoms with Crippen LogP contribution in [0.4, 0.5) is 0 Å². The molecule has 0 saturated carbocycles. The second kappa shape index (κ2) is 17.7. The molecular formula is C32H48N2O2. The number of hydrogen-bond donors (Lipinski definition) is 1. The maximum Gasteiger partial charge on any atom is 0.165 e. The van der Waals surface area contributed by atoms with E-state index < -0.39 is 0 Å². The topological polar surface area (TPSA) is 49.4 Å². The molecule has 0 aromatic heterocycles. The van der Waals surface area contributed by atoms with Crippen LogP contribution in [0.1, 0.15) is 84.0 Å². The van der Waals surface area contributed by atoms with Gasteiger partial charge in [0.2, 0.25) is 0 Å². The number of nitrogens with zero attached hydrogens (tertiary/aromatic N) is 1. The van der Waals surface area contributed by atoms with Gasteiger partial charge in [-0.1, -0.05) is 69.8 Å². The van der Waals surface area contributed by atoms with Crippen LogP contribution in [-0.2, 0) is 4.79 Å². The Labute approximate surface area is 220 Å². The third-order valence-corrected chi connectivity index (χ3v) is 6.09. The molecule has 2 rings (SSSR count). The normalized spacial score (nSPS) is 16.8. The Balaban J connectivity index is 0.000000377. The van der Waals surface area contributed by atoms with E-state index in [4.69, 9.17) is 0 Å². The maximum absolute atomic E-state index is 12.4. The third-order valence-electron chi connectivity index (χ3n) is 6.09. The molecule has 1 saturated heterocycles. The fourth-order valence-corrected chi connectivity index (χ4v) is 4.09. The van der Waals surface area contributed by atoms with Crippen molar-refractivity contribution in [3.05, 3.63) is 83.7 Å². The largest absolute Gasteiger partial charge is 0.351 e. The van der Waals surface area contributed by atoms with Gasteiger partial charge in [0.15, 0.2) is 11.6 Å². The number of benzene rings is 1. The summed E-state index contributed by atoms with van der Waals surface area (Å²) < 4.78 is 0. The second-order valence-electron chi connectivity index (χ2n) is 9.98. The van der Waals surface area contributed by atoms with Gasteiger partial charge in [-0.05, 0) is 77.1 Å². The number of carbonyl (C=O) groups excluding carboxylic acids is 2. The first-order valence-corrected chi connectivity index (χ1v) is 13.5. The summed E-state index contributed by atoms with van der Waals surface area (Å²) in [6, 6.07) is 9.65. The van der Waals surface area contributed by atoms with Crippen molar-refractivity contribution in [2.24, 2.45) is 11.8 Å². The van der Waals surface area contributed by atoms with Crippen LogP contribution in [0.15, 0.2) is 78.2 Å². The lowest BCUT2D eigenvalue weighted by molar-refractivity contribution is -0.116. The highest BCUT2D eigenvalue weighted by Crippen LogP contribution is 2.19. The molecule has 1 unspecified atom stereocenters. The Hall–Kier alpha value is -2.72. The summed E-state index contributed by atoms with van der Waals surface area (Å²) in [5.41, 5.74) is 3.57. The van der Waals surface area contributed by atoms with Gasteiger partial charge in [-0.25, -0.2) is 0 Å². The predicted molar refractivity (Wildman–Crippen MR) is 154 cm³/mol. The molecule has 0 amide bonds. The molecule has 1 heterocycles. The molecule has 1 aliphatic rings. The van der Waals surface area contributed by atoms with E-state index >= 15 is 0 Å². The highest BCUT2D eigenvalue weighted by atomic mass is 16.1. The van der Waals surface area contributed by atoms with Crippen LogP contribution in [0.3, 0.4) is 0 Å². The third kappa shape index (κ3) is 11.8. The zero-order valence-electron chi connectivity index (χ0n) is 23.5. The van der Waals surface area contributed by atoms with Gasteiger partial charge in [-0.15, -0.1) is 0 Å². The summed E-state index contributed by atoms with van der Waals surface area (Å²) in [5.74, 6) is 1.08. The van der Waals surface area contributed by atoms with Gasteiger partial charge in [-0.2, -0.15) is 0 Å². The molecule has 1 N–H and O–H groups in total. The molecule has 1 atom stereocenters. The zero-order valence-corrected chi connectivity index (χ0v) is 23.5. The molecule has 1 aromatic carbocycles. The Morgan fingerprint density at radius 3 is 2.42 bits per heavy atom. The van der Waals surface area contributed by atoms with E-state index in [0.29, 0.717) is 18.1 Å². The molecule has 0 aliphatic carbocycles. The fraction of sp³-hybridized carbons (Fsp3) is 0.500. The number of carbonyl (C=O) groups is 2. The van der Waals surface area contributed by atoms with Gasteiger partial charge in [0, 0.05) is 41.9 Å². The van der Waals surface area contributed by atoms with Gasteiger partial charge in [0.1, 0.15) is 0 Å². The van der Waals surface area contributed by atoms with Gasteiger partial charge in [0.05, 0.1) is 0 Å². The number of hydrogen-bond acceptors (Lipinski definition) is 4. The smallest absolute Gasteiger partial charge is 0.165 e. The molecule has 0 spiro atoms. The summed E-state index contributed by atoms with van der Waals surface area (Å²) in [7, 11) is 0. The minimum atomic E-state index is 0.178. The van der Waals surface area contributed by atoms with Crippen LogP contribution in [-0.4, -0.2) is 36.1 Å². The van der Waals surface area contributed by atoms with Crippen LogP contribution in [0.5, 0.6) is 0 Å². The van der Waals surface area contributed by atoms with E-state index in [-0.39, 0.29) is 11.7 Å². The lowest BCUT2D eigenvalue weighted by Crippen LogP contribution is -2.19. The SMILES string of the molecule is C=C(C)/C(=C\N(CCC)/C(C)=C/C=C\C)C(=O)CC(C)C.O=C(c1ccccc1)C1CCCNCC1. The summed E-state index contributed by atoms with van der Waals surface area (Å²) >= 11 is 0. The Morgan fingerprint density at radius 1 is 1.14 bits per heavy atom. The number of Topliss-reactive ketones (excluding diaryl/α,β-unsaturated/α-hetero) is 2. The van der Waals surface area contributed by atoms with Gasteiger partial charge in [0.25, 0.3) is 0 Å². The highest BCUT2D eigenvalue weighted by molar-refractivity contribution is 5.99. The van der Waals surface area contributed by atoms with Gasteiger partial charge < -0.3 is 10.2 Å². The molecule has 1 aromatic rings. The summed E-state index contributed by atoms with van der Waals surface area (Å²) in [4.78, 5) is 26.6. The van der Waals surface area contributed by atoms with Crippen molar-refractivity contribution in [3.63, 3.8) is 0 Å². The van der Waals surface area contributed by atoms with E-state index in [0.717, 1.165) is 67.7 Å². The summed E-state index contributed by atoms with van der Waals surface area (Å²) in [5, 5.41) is 3.33. The van der Waals surface area contributed by atoms with Crippen molar-refractivity contribution in [1.29, 1.82) is 0 Å². The van der Waals surface area contributed by atoms with Crippen LogP contribution in [0.25, 0.3) is 0 Å². The van der Waals surface area contributed by atoms with E-state index in [2.05, 4.69) is 50.6 Å². The molecule has 198 valence electrons. The number of rotatable bonds is 11. The minimum absolute atomic E-state index is 0.178. The summed E-state index contributed by atoms with van der Waals surface area (Å²) in [6.45, 7) is 19.1. The fourth-order valence-electron chi connectivity index (χ4n) is 4.09. The molecule has 0 bridgehead atoms. The molecule has 1 fully saturated rings. The number of allylic oxidation sites excluding steroid dienone is 6. The Morgan fingerprint density at radius 2 is 1.83 bits per heavy atom. The van der Waals surface area contributed by atoms with E-state index in [1.165, 1.54) is 0 Å². The zero-order chi connectivity index (χ0) is 26.9. The molecular weight excluding hydrogens is 444 g/mol. The summed E-state index contributed by atoms with van der Waals surface area (Å²) in [6.07, 6.45) is 12.8. The van der Waals surface area contributed by atoms with Crippen LogP contribution < -0.4 is 5.32 Å². The molecule has 0 radical (unpaired) electrons. The molecule has 4 heteroatoms. The van der Waals surface area contributed by atoms with Crippen molar-refractivity contribution in [1.82, 2.24) is 10.2 Å². The van der Waals surface area contributed by atoms with Crippen LogP contribution in [0.2, 0.25) is 0 Å². The van der Waals surface area contributed by atoms with Crippen LogP contribution >= 0.6 is 0 Å². The molecule has 36 heavy (non-hydrogen) atoms. The maximum atomic E-state index is 12.4. The van der Waals surface area contributed by atoms with E-state index in [9.17, 15) is 9.59 Å². The minimum Gasteiger partial charge on any atom is -0.351 e. The second-order valence-corrected chi connectivity index (χ2v) is 9.98. The monoisotopic (exact) mass is 492 g/mol. The number of ketones is 2. The Bertz CT molecular complexity index is 901. The van der Waals surface area contributed by atoms with Crippen molar-refractivity contribution in [3.8, 4) is 0 Å². The number of nitrogens with one attached hydrogen (secondary N) is 1. The predicted octanol–water partition coefficient (Wildman–Crippen LogP) is 7.51. The van der Waals surface area contributed by atoms with Crippen LogP contribution in [0, 0.1) is 11.8 Å². The first-order chi connectivity index (χ1) is 17.2. The van der Waals surface area contributed by atoms with Gasteiger partial charge in [-0.3, -0.25) is 9.59 Å². The van der Waals surface area contributed by atoms with Crippen molar-refractivity contribution in [2.45, 2.75) is 73.6 Å². The molecule has 1 aliphatic heterocycles. The van der Waals surface area contributed by atoms with Crippen molar-refractivity contribution >= 4 is 11.6 Å². The average Bonchev–Trinajstić information content (AvgIpc) is 3.14. The van der Waals surface area contributed by atoms with E-state index in [1.807, 2.05) is 62.5 Å².